The summed E-state index contributed by atoms with van der Waals surface area (Å²) in [6.45, 7) is 7.26. The molecule has 0 unspecified atom stereocenters. The first-order valence-electron chi connectivity index (χ1n) is 18.1. The van der Waals surface area contributed by atoms with E-state index in [2.05, 4.69) is 65.6 Å². The van der Waals surface area contributed by atoms with Gasteiger partial charge in [-0.1, -0.05) is 93.5 Å². The summed E-state index contributed by atoms with van der Waals surface area (Å²) < 4.78 is 5.27. The number of hydrogen-bond acceptors (Lipinski definition) is 4. The lowest BCUT2D eigenvalue weighted by Gasteiger charge is -2.22. The number of anilines is 1. The normalized spacial score (nSPS) is 12.8. The van der Waals surface area contributed by atoms with Gasteiger partial charge >= 0.3 is 6.09 Å². The van der Waals surface area contributed by atoms with Gasteiger partial charge in [0.2, 0.25) is 5.91 Å². The highest BCUT2D eigenvalue weighted by atomic mass is 16.5. The van der Waals surface area contributed by atoms with Crippen molar-refractivity contribution < 1.29 is 14.3 Å². The Morgan fingerprint density at radius 2 is 1.62 bits per heavy atom. The van der Waals surface area contributed by atoms with Crippen LogP contribution in [0.15, 0.2) is 66.7 Å². The van der Waals surface area contributed by atoms with Crippen LogP contribution in [-0.4, -0.2) is 43.6 Å². The maximum absolute atomic E-state index is 13.2. The van der Waals surface area contributed by atoms with Gasteiger partial charge in [-0.25, -0.2) is 4.79 Å². The fraction of sp³-hybridized carbons (Fsp3) is 0.476. The molecule has 1 aliphatic carbocycles. The first-order valence-corrected chi connectivity index (χ1v) is 18.1. The molecule has 0 bridgehead atoms. The van der Waals surface area contributed by atoms with Crippen LogP contribution < -0.4 is 10.6 Å². The lowest BCUT2D eigenvalue weighted by atomic mass is 9.82. The van der Waals surface area contributed by atoms with Crippen LogP contribution in [0.1, 0.15) is 98.6 Å². The Morgan fingerprint density at radius 3 is 2.40 bits per heavy atom. The maximum Gasteiger partial charge on any atom is 0.407 e. The lowest BCUT2D eigenvalue weighted by molar-refractivity contribution is -0.119. The van der Waals surface area contributed by atoms with Gasteiger partial charge in [-0.15, -0.1) is 0 Å². The summed E-state index contributed by atoms with van der Waals surface area (Å²) in [4.78, 5) is 27.7. The van der Waals surface area contributed by atoms with Crippen molar-refractivity contribution in [2.24, 2.45) is 5.92 Å². The maximum atomic E-state index is 13.2. The number of nitrogens with one attached hydrogen (secondary N) is 2. The Hall–Kier alpha value is -4.08. The van der Waals surface area contributed by atoms with Gasteiger partial charge in [-0.3, -0.25) is 4.79 Å². The van der Waals surface area contributed by atoms with Crippen molar-refractivity contribution in [2.75, 3.05) is 32.0 Å². The first kappa shape index (κ1) is 36.8. The molecule has 0 aliphatic heterocycles. The number of nitrogens with zero attached hydrogens (tertiary/aromatic N) is 1. The number of alkyl carbamates (subject to hydrolysis) is 1. The zero-order valence-corrected chi connectivity index (χ0v) is 29.4. The van der Waals surface area contributed by atoms with Crippen molar-refractivity contribution in [3.8, 4) is 11.8 Å². The van der Waals surface area contributed by atoms with E-state index in [1.54, 1.807) is 0 Å². The molecule has 2 amide bonds. The topological polar surface area (TPSA) is 70.7 Å². The summed E-state index contributed by atoms with van der Waals surface area (Å²) in [5.41, 5.74) is 8.14. The Balaban J connectivity index is 1.22. The molecule has 2 N–H and O–H groups in total. The monoisotopic (exact) mass is 649 g/mol. The van der Waals surface area contributed by atoms with Gasteiger partial charge in [0, 0.05) is 30.1 Å². The summed E-state index contributed by atoms with van der Waals surface area (Å²) >= 11 is 0. The minimum absolute atomic E-state index is 0.0515. The van der Waals surface area contributed by atoms with Crippen molar-refractivity contribution in [1.29, 1.82) is 0 Å². The predicted molar refractivity (Wildman–Crippen MR) is 197 cm³/mol. The third-order valence-electron chi connectivity index (χ3n) is 9.18. The average molecular weight is 650 g/mol. The van der Waals surface area contributed by atoms with Crippen LogP contribution >= 0.6 is 0 Å². The Kier molecular flexibility index (Phi) is 15.6. The molecule has 0 saturated carbocycles. The number of aryl methyl sites for hydroxylation is 1. The van der Waals surface area contributed by atoms with Gasteiger partial charge in [0.25, 0.3) is 0 Å². The molecule has 0 aromatic heterocycles. The van der Waals surface area contributed by atoms with Crippen LogP contribution in [0.3, 0.4) is 0 Å². The molecule has 0 heterocycles. The smallest absolute Gasteiger partial charge is 0.407 e. The van der Waals surface area contributed by atoms with E-state index in [4.69, 9.17) is 4.74 Å². The number of rotatable bonds is 17. The molecule has 256 valence electrons. The number of hydrogen-bond donors (Lipinski definition) is 2. The van der Waals surface area contributed by atoms with E-state index in [-0.39, 0.29) is 18.4 Å². The fourth-order valence-corrected chi connectivity index (χ4v) is 6.33. The lowest BCUT2D eigenvalue weighted by Crippen LogP contribution is -2.24. The van der Waals surface area contributed by atoms with Crippen LogP contribution in [0.25, 0.3) is 0 Å². The average Bonchev–Trinajstić information content (AvgIpc) is 3.11. The number of unbranched alkanes of at least 4 members (excludes halogenated alkanes) is 3. The first-order chi connectivity index (χ1) is 23.4. The molecule has 0 saturated heterocycles. The Morgan fingerprint density at radius 1 is 0.875 bits per heavy atom. The molecule has 1 atom stereocenters. The molecule has 0 radical (unpaired) electrons. The van der Waals surface area contributed by atoms with Crippen molar-refractivity contribution >= 4 is 17.7 Å². The molecule has 4 rings (SSSR count). The number of ether oxygens (including phenoxy) is 1. The second-order valence-electron chi connectivity index (χ2n) is 13.2. The third kappa shape index (κ3) is 12.5. The number of fused-ring (bicyclic) bond motifs is 1. The summed E-state index contributed by atoms with van der Waals surface area (Å²) in [6.07, 6.45) is 12.6. The van der Waals surface area contributed by atoms with Gasteiger partial charge in [0.15, 0.2) is 0 Å². The zero-order valence-electron chi connectivity index (χ0n) is 29.4. The highest BCUT2D eigenvalue weighted by Gasteiger charge is 2.20. The van der Waals surface area contributed by atoms with Crippen molar-refractivity contribution in [2.45, 2.75) is 97.5 Å². The largest absolute Gasteiger partial charge is 0.445 e. The summed E-state index contributed by atoms with van der Waals surface area (Å²) in [7, 11) is 2.22. The summed E-state index contributed by atoms with van der Waals surface area (Å²) in [5.74, 6) is 6.49. The standard InChI is InChI=1S/C42H55N3O3/c1-4-5-6-14-29-45(3)30-15-18-34-22-26-38(27-23-34)44-41(46)33(2)31-37-25-24-36(39-20-10-11-21-40(37)39)19-12-13-28-43-42(47)48-32-35-16-8-7-9-17-35/h7-9,16-17,22-27,33H,4-6,10-11,13-15,18,20-21,28-32H2,1-3H3,(H,43,47)(H,44,46)/t33-/m0/s1. The minimum atomic E-state index is -0.431. The van der Waals surface area contributed by atoms with Crippen molar-refractivity contribution in [3.63, 3.8) is 0 Å². The fourth-order valence-electron chi connectivity index (χ4n) is 6.33. The molecular weight excluding hydrogens is 594 g/mol. The van der Waals surface area contributed by atoms with E-state index in [1.807, 2.05) is 49.4 Å². The molecular formula is C42H55N3O3. The SMILES string of the molecule is CCCCCCN(C)CCCc1ccc(NC(=O)[C@@H](C)Cc2ccc(C#CCCNC(=O)OCc3ccccc3)c3c2CCCC3)cc1. The van der Waals surface area contributed by atoms with Gasteiger partial charge in [-0.05, 0) is 118 Å². The Bertz CT molecular complexity index is 1490. The highest BCUT2D eigenvalue weighted by Crippen LogP contribution is 2.29. The van der Waals surface area contributed by atoms with Crippen LogP contribution in [0.4, 0.5) is 10.5 Å². The quantitative estimate of drug-likeness (QED) is 0.114. The van der Waals surface area contributed by atoms with Crippen LogP contribution in [0.5, 0.6) is 0 Å². The van der Waals surface area contributed by atoms with E-state index >= 15 is 0 Å². The zero-order chi connectivity index (χ0) is 34.0. The minimum Gasteiger partial charge on any atom is -0.445 e. The second kappa shape index (κ2) is 20.3. The van der Waals surface area contributed by atoms with E-state index in [0.717, 1.165) is 61.9 Å². The molecule has 3 aromatic rings. The van der Waals surface area contributed by atoms with E-state index in [1.165, 1.54) is 54.5 Å². The molecule has 0 spiro atoms. The second-order valence-corrected chi connectivity index (χ2v) is 13.2. The van der Waals surface area contributed by atoms with Crippen molar-refractivity contribution in [1.82, 2.24) is 10.2 Å². The van der Waals surface area contributed by atoms with Crippen LogP contribution in [-0.2, 0) is 41.8 Å². The predicted octanol–water partition coefficient (Wildman–Crippen LogP) is 8.50. The number of carbonyl (C=O) groups is 2. The van der Waals surface area contributed by atoms with Gasteiger partial charge in [0.1, 0.15) is 6.61 Å². The van der Waals surface area contributed by atoms with Crippen LogP contribution in [0.2, 0.25) is 0 Å². The molecule has 0 fully saturated rings. The van der Waals surface area contributed by atoms with Crippen LogP contribution in [0, 0.1) is 17.8 Å². The van der Waals surface area contributed by atoms with E-state index in [9.17, 15) is 9.59 Å². The molecule has 3 aromatic carbocycles. The van der Waals surface area contributed by atoms with Gasteiger partial charge < -0.3 is 20.3 Å². The number of benzene rings is 3. The molecule has 6 heteroatoms. The van der Waals surface area contributed by atoms with E-state index in [0.29, 0.717) is 19.4 Å². The number of amides is 2. The highest BCUT2D eigenvalue weighted by molar-refractivity contribution is 5.92. The van der Waals surface area contributed by atoms with E-state index < -0.39 is 6.09 Å². The molecule has 6 nitrogen and oxygen atoms in total. The van der Waals surface area contributed by atoms with Gasteiger partial charge in [-0.2, -0.15) is 0 Å². The summed E-state index contributed by atoms with van der Waals surface area (Å²) in [6, 6.07) is 22.3. The van der Waals surface area contributed by atoms with Gasteiger partial charge in [0.05, 0.1) is 0 Å². The third-order valence-corrected chi connectivity index (χ3v) is 9.18. The summed E-state index contributed by atoms with van der Waals surface area (Å²) in [5, 5.41) is 5.92. The van der Waals surface area contributed by atoms with Crippen molar-refractivity contribution in [3.05, 3.63) is 100 Å². The Labute approximate surface area is 289 Å². The molecule has 1 aliphatic rings. The molecule has 48 heavy (non-hydrogen) atoms. The number of carbonyl (C=O) groups excluding carboxylic acids is 2.